The Morgan fingerprint density at radius 2 is 1.43 bits per heavy atom. The minimum Gasteiger partial charge on any atom is -0.480 e. The van der Waals surface area contributed by atoms with Crippen LogP contribution in [0.1, 0.15) is 64.7 Å². The minimum atomic E-state index is -1.23. The SMILES string of the molecule is C[C@H](NC(=O)[C@@H]1CCCN1C(=O)[C@@H](N)CCCCNC(=O)[C@@H](N)CCCN=C(N)N)C(=O)N[C@@H](CCCN=C(N)N)C(=O)O. The number of nitrogens with two attached hydrogens (primary N) is 6. The van der Waals surface area contributed by atoms with Crippen LogP contribution in [-0.4, -0.2) is 108 Å². The zero-order valence-electron chi connectivity index (χ0n) is 25.4. The Hall–Kier alpha value is -4.19. The first-order chi connectivity index (χ1) is 20.7. The monoisotopic (exact) mass is 626 g/mol. The third-order valence-electron chi connectivity index (χ3n) is 7.01. The van der Waals surface area contributed by atoms with Crippen molar-refractivity contribution in [2.75, 3.05) is 26.2 Å². The summed E-state index contributed by atoms with van der Waals surface area (Å²) >= 11 is 0. The first kappa shape index (κ1) is 37.8. The molecule has 250 valence electrons. The lowest BCUT2D eigenvalue weighted by Crippen LogP contribution is -2.55. The average molecular weight is 627 g/mol. The van der Waals surface area contributed by atoms with E-state index in [9.17, 15) is 29.1 Å². The Balaban J connectivity index is 2.47. The van der Waals surface area contributed by atoms with Gasteiger partial charge in [-0.15, -0.1) is 0 Å². The van der Waals surface area contributed by atoms with Gasteiger partial charge in [0.15, 0.2) is 11.9 Å². The average Bonchev–Trinajstić information content (AvgIpc) is 3.45. The van der Waals surface area contributed by atoms with E-state index in [1.165, 1.54) is 11.8 Å². The van der Waals surface area contributed by atoms with Crippen molar-refractivity contribution < 1.29 is 29.1 Å². The van der Waals surface area contributed by atoms with E-state index in [2.05, 4.69) is 25.9 Å². The standard InChI is InChI=1S/C26H50N12O6/c1-15(20(39)37-18(24(43)44)9-5-13-35-26(31)32)36-22(41)19-10-6-14-38(19)23(42)17(28)7-2-3-11-33-21(40)16(27)8-4-12-34-25(29)30/h15-19H,2-14,27-28H2,1H3,(H,33,40)(H,36,41)(H,37,39)(H,43,44)(H4,29,30,34)(H4,31,32,35)/t15-,16-,17-,18-,19-/m0/s1. The summed E-state index contributed by atoms with van der Waals surface area (Å²) in [5.74, 6) is -3.23. The van der Waals surface area contributed by atoms with E-state index in [0.29, 0.717) is 71.0 Å². The Labute approximate surface area is 257 Å². The first-order valence-corrected chi connectivity index (χ1v) is 14.8. The van der Waals surface area contributed by atoms with Crippen LogP contribution >= 0.6 is 0 Å². The summed E-state index contributed by atoms with van der Waals surface area (Å²) in [7, 11) is 0. The molecule has 16 N–H and O–H groups in total. The zero-order valence-corrected chi connectivity index (χ0v) is 25.4. The fraction of sp³-hybridized carbons (Fsp3) is 0.731. The van der Waals surface area contributed by atoms with Gasteiger partial charge in [0, 0.05) is 26.2 Å². The summed E-state index contributed by atoms with van der Waals surface area (Å²) in [6.45, 7) is 2.74. The number of rotatable bonds is 20. The molecule has 1 aliphatic rings. The van der Waals surface area contributed by atoms with Gasteiger partial charge < -0.3 is 60.4 Å². The van der Waals surface area contributed by atoms with Crippen LogP contribution in [0.2, 0.25) is 0 Å². The smallest absolute Gasteiger partial charge is 0.326 e. The number of hydrogen-bond donors (Lipinski definition) is 10. The number of carboxylic acids is 1. The largest absolute Gasteiger partial charge is 0.480 e. The number of nitrogens with one attached hydrogen (secondary N) is 3. The molecule has 0 aromatic carbocycles. The number of guanidine groups is 2. The van der Waals surface area contributed by atoms with Gasteiger partial charge in [-0.1, -0.05) is 0 Å². The first-order valence-electron chi connectivity index (χ1n) is 14.8. The predicted molar refractivity (Wildman–Crippen MR) is 165 cm³/mol. The van der Waals surface area contributed by atoms with Gasteiger partial charge in [-0.05, 0) is 64.7 Å². The molecule has 0 saturated carbocycles. The van der Waals surface area contributed by atoms with Crippen molar-refractivity contribution in [1.29, 1.82) is 0 Å². The number of amides is 4. The highest BCUT2D eigenvalue weighted by atomic mass is 16.4. The highest BCUT2D eigenvalue weighted by Crippen LogP contribution is 2.19. The summed E-state index contributed by atoms with van der Waals surface area (Å²) in [6, 6.07) is -4.56. The summed E-state index contributed by atoms with van der Waals surface area (Å²) in [5.41, 5.74) is 33.0. The molecular weight excluding hydrogens is 576 g/mol. The molecule has 0 aliphatic carbocycles. The number of unbranched alkanes of at least 4 members (excludes halogenated alkanes) is 1. The molecule has 0 spiro atoms. The van der Waals surface area contributed by atoms with Crippen LogP contribution in [0.15, 0.2) is 9.98 Å². The maximum absolute atomic E-state index is 13.0. The molecule has 44 heavy (non-hydrogen) atoms. The molecule has 0 aromatic heterocycles. The molecular formula is C26H50N12O6. The molecule has 5 atom stereocenters. The van der Waals surface area contributed by atoms with E-state index in [1.807, 2.05) is 0 Å². The van der Waals surface area contributed by atoms with E-state index in [1.54, 1.807) is 0 Å². The molecule has 1 aliphatic heterocycles. The molecule has 0 radical (unpaired) electrons. The Morgan fingerprint density at radius 1 is 0.841 bits per heavy atom. The quantitative estimate of drug-likeness (QED) is 0.0352. The number of likely N-dealkylation sites (tertiary alicyclic amines) is 1. The van der Waals surface area contributed by atoms with Gasteiger partial charge in [0.25, 0.3) is 0 Å². The maximum atomic E-state index is 13.0. The minimum absolute atomic E-state index is 0.0143. The maximum Gasteiger partial charge on any atom is 0.326 e. The summed E-state index contributed by atoms with van der Waals surface area (Å²) in [6.07, 6.45) is 3.89. The second-order valence-electron chi connectivity index (χ2n) is 10.7. The molecule has 18 nitrogen and oxygen atoms in total. The van der Waals surface area contributed by atoms with Crippen LogP contribution in [0.3, 0.4) is 0 Å². The molecule has 0 unspecified atom stereocenters. The van der Waals surface area contributed by atoms with Gasteiger partial charge in [0.2, 0.25) is 23.6 Å². The predicted octanol–water partition coefficient (Wildman–Crippen LogP) is -3.90. The molecule has 1 fully saturated rings. The number of aliphatic imine (C=N–C) groups is 2. The number of carboxylic acid groups (broad SMARTS) is 1. The molecule has 4 amide bonds. The number of carbonyl (C=O) groups is 5. The Morgan fingerprint density at radius 3 is 2.02 bits per heavy atom. The topological polar surface area (TPSA) is 326 Å². The normalized spacial score (nSPS) is 17.0. The number of aliphatic carboxylic acids is 1. The Bertz CT molecular complexity index is 1030. The molecule has 18 heteroatoms. The summed E-state index contributed by atoms with van der Waals surface area (Å²) in [4.78, 5) is 71.3. The van der Waals surface area contributed by atoms with Gasteiger partial charge in [-0.3, -0.25) is 29.2 Å². The van der Waals surface area contributed by atoms with Crippen molar-refractivity contribution in [3.8, 4) is 0 Å². The molecule has 0 aromatic rings. The van der Waals surface area contributed by atoms with Crippen molar-refractivity contribution >= 4 is 41.5 Å². The van der Waals surface area contributed by atoms with Crippen molar-refractivity contribution in [3.05, 3.63) is 0 Å². The van der Waals surface area contributed by atoms with Gasteiger partial charge in [0.1, 0.15) is 18.1 Å². The number of carbonyl (C=O) groups excluding carboxylic acids is 4. The highest BCUT2D eigenvalue weighted by molar-refractivity contribution is 5.94. The van der Waals surface area contributed by atoms with Crippen molar-refractivity contribution in [1.82, 2.24) is 20.9 Å². The van der Waals surface area contributed by atoms with Crippen molar-refractivity contribution in [2.45, 2.75) is 94.9 Å². The van der Waals surface area contributed by atoms with Crippen LogP contribution in [-0.2, 0) is 24.0 Å². The van der Waals surface area contributed by atoms with Gasteiger partial charge >= 0.3 is 5.97 Å². The second-order valence-corrected chi connectivity index (χ2v) is 10.7. The fourth-order valence-corrected chi connectivity index (χ4v) is 4.55. The van der Waals surface area contributed by atoms with Crippen LogP contribution in [0, 0.1) is 0 Å². The molecule has 1 saturated heterocycles. The lowest BCUT2D eigenvalue weighted by Gasteiger charge is -2.28. The molecule has 0 bridgehead atoms. The van der Waals surface area contributed by atoms with Crippen LogP contribution in [0.4, 0.5) is 0 Å². The second kappa shape index (κ2) is 19.9. The van der Waals surface area contributed by atoms with Gasteiger partial charge in [-0.2, -0.15) is 0 Å². The van der Waals surface area contributed by atoms with Crippen LogP contribution < -0.4 is 50.4 Å². The van der Waals surface area contributed by atoms with Crippen molar-refractivity contribution in [3.63, 3.8) is 0 Å². The van der Waals surface area contributed by atoms with Crippen LogP contribution in [0.5, 0.6) is 0 Å². The molecule has 1 rings (SSSR count). The summed E-state index contributed by atoms with van der Waals surface area (Å²) in [5, 5.41) is 17.2. The van der Waals surface area contributed by atoms with Gasteiger partial charge in [-0.25, -0.2) is 4.79 Å². The Kier molecular flexibility index (Phi) is 17.1. The lowest BCUT2D eigenvalue weighted by atomic mass is 10.1. The van der Waals surface area contributed by atoms with Gasteiger partial charge in [0.05, 0.1) is 12.1 Å². The van der Waals surface area contributed by atoms with E-state index < -0.39 is 48.0 Å². The number of hydrogen-bond acceptors (Lipinski definition) is 9. The summed E-state index contributed by atoms with van der Waals surface area (Å²) < 4.78 is 0. The molecule has 1 heterocycles. The lowest BCUT2D eigenvalue weighted by molar-refractivity contribution is -0.143. The van der Waals surface area contributed by atoms with Crippen LogP contribution in [0.25, 0.3) is 0 Å². The van der Waals surface area contributed by atoms with Crippen molar-refractivity contribution in [2.24, 2.45) is 44.4 Å². The van der Waals surface area contributed by atoms with E-state index in [-0.39, 0.29) is 36.7 Å². The fourth-order valence-electron chi connectivity index (χ4n) is 4.55. The zero-order chi connectivity index (χ0) is 33.2. The highest BCUT2D eigenvalue weighted by Gasteiger charge is 2.37. The third-order valence-corrected chi connectivity index (χ3v) is 7.01. The van der Waals surface area contributed by atoms with E-state index >= 15 is 0 Å². The van der Waals surface area contributed by atoms with E-state index in [0.717, 1.165) is 0 Å². The van der Waals surface area contributed by atoms with E-state index in [4.69, 9.17) is 34.4 Å². The number of nitrogens with zero attached hydrogens (tertiary/aromatic N) is 3. The third kappa shape index (κ3) is 14.3.